The second-order valence-corrected chi connectivity index (χ2v) is 5.16. The van der Waals surface area contributed by atoms with Crippen LogP contribution in [0.1, 0.15) is 33.1 Å². The summed E-state index contributed by atoms with van der Waals surface area (Å²) in [6, 6.07) is 0. The average Bonchev–Trinajstić information content (AvgIpc) is 2.83. The van der Waals surface area contributed by atoms with E-state index in [0.29, 0.717) is 13.1 Å². The number of aliphatic carboxylic acids is 1. The number of nitrogens with zero attached hydrogens (tertiary/aromatic N) is 2. The number of hydrogen-bond acceptors (Lipinski definition) is 3. The molecule has 5 heteroatoms. The number of carboxylic acids is 1. The summed E-state index contributed by atoms with van der Waals surface area (Å²) in [5.74, 6) is -1.24. The number of rotatable bonds is 7. The third-order valence-corrected chi connectivity index (χ3v) is 3.39. The molecule has 0 aromatic carbocycles. The van der Waals surface area contributed by atoms with Gasteiger partial charge < -0.3 is 10.0 Å². The van der Waals surface area contributed by atoms with Crippen molar-refractivity contribution in [2.75, 3.05) is 26.7 Å². The summed E-state index contributed by atoms with van der Waals surface area (Å²) in [6.07, 6.45) is 5.26. The van der Waals surface area contributed by atoms with Gasteiger partial charge in [-0.25, -0.2) is 0 Å². The largest absolute Gasteiger partial charge is 0.481 e. The second-order valence-electron chi connectivity index (χ2n) is 5.16. The Morgan fingerprint density at radius 1 is 1.47 bits per heavy atom. The van der Waals surface area contributed by atoms with E-state index in [1.54, 1.807) is 18.9 Å². The first-order chi connectivity index (χ1) is 8.95. The zero-order valence-electron chi connectivity index (χ0n) is 12.1. The molecule has 1 aliphatic rings. The summed E-state index contributed by atoms with van der Waals surface area (Å²) in [4.78, 5) is 26.6. The molecule has 0 spiro atoms. The summed E-state index contributed by atoms with van der Waals surface area (Å²) < 4.78 is 0. The van der Waals surface area contributed by atoms with E-state index in [-0.39, 0.29) is 12.5 Å². The number of carbonyl (C=O) groups is 2. The number of carbonyl (C=O) groups excluding carboxylic acids is 1. The second kappa shape index (κ2) is 7.28. The third kappa shape index (κ3) is 4.67. The van der Waals surface area contributed by atoms with E-state index in [9.17, 15) is 9.59 Å². The molecule has 0 saturated carbocycles. The first-order valence-electron chi connectivity index (χ1n) is 6.86. The van der Waals surface area contributed by atoms with Gasteiger partial charge in [0, 0.05) is 18.8 Å². The van der Waals surface area contributed by atoms with Crippen molar-refractivity contribution in [1.29, 1.82) is 0 Å². The fourth-order valence-electron chi connectivity index (χ4n) is 2.37. The molecular weight excluding hydrogens is 244 g/mol. The van der Waals surface area contributed by atoms with E-state index in [1.807, 2.05) is 11.8 Å². The van der Waals surface area contributed by atoms with Crippen LogP contribution < -0.4 is 0 Å². The zero-order valence-corrected chi connectivity index (χ0v) is 12.1. The maximum atomic E-state index is 12.2. The maximum Gasteiger partial charge on any atom is 0.307 e. The predicted molar refractivity (Wildman–Crippen MR) is 73.6 cm³/mol. The Hall–Kier alpha value is -1.36. The highest BCUT2D eigenvalue weighted by molar-refractivity contribution is 5.80. The Kier molecular flexibility index (Phi) is 6.02. The summed E-state index contributed by atoms with van der Waals surface area (Å²) in [7, 11) is 1.79. The van der Waals surface area contributed by atoms with Crippen LogP contribution in [0.15, 0.2) is 11.8 Å². The summed E-state index contributed by atoms with van der Waals surface area (Å²) >= 11 is 0. The first-order valence-corrected chi connectivity index (χ1v) is 6.86. The molecule has 0 fully saturated rings. The van der Waals surface area contributed by atoms with Gasteiger partial charge in [-0.15, -0.1) is 0 Å². The molecule has 1 aliphatic carbocycles. The minimum atomic E-state index is -0.829. The quantitative estimate of drug-likeness (QED) is 0.761. The van der Waals surface area contributed by atoms with Crippen molar-refractivity contribution in [3.63, 3.8) is 0 Å². The molecule has 0 saturated heterocycles. The molecule has 0 radical (unpaired) electrons. The Bertz CT molecular complexity index is 366. The van der Waals surface area contributed by atoms with Crippen LogP contribution in [0.5, 0.6) is 0 Å². The SMILES string of the molecule is CCN(C(=O)CN(C)CC(C)C(=O)O)C1=CCCC1. The van der Waals surface area contributed by atoms with Crippen molar-refractivity contribution in [3.8, 4) is 0 Å². The van der Waals surface area contributed by atoms with Crippen LogP contribution in [0.4, 0.5) is 0 Å². The highest BCUT2D eigenvalue weighted by Crippen LogP contribution is 2.21. The Balaban J connectivity index is 2.50. The molecule has 0 aromatic rings. The fraction of sp³-hybridized carbons (Fsp3) is 0.714. The summed E-state index contributed by atoms with van der Waals surface area (Å²) in [5.41, 5.74) is 1.12. The number of carboxylic acid groups (broad SMARTS) is 1. The predicted octanol–water partition coefficient (Wildman–Crippen LogP) is 1.56. The minimum absolute atomic E-state index is 0.0516. The molecule has 1 rings (SSSR count). The smallest absolute Gasteiger partial charge is 0.307 e. The molecule has 1 N–H and O–H groups in total. The van der Waals surface area contributed by atoms with Crippen LogP contribution >= 0.6 is 0 Å². The van der Waals surface area contributed by atoms with E-state index >= 15 is 0 Å². The molecular formula is C14H24N2O3. The highest BCUT2D eigenvalue weighted by Gasteiger charge is 2.21. The van der Waals surface area contributed by atoms with Crippen molar-refractivity contribution >= 4 is 11.9 Å². The molecule has 0 bridgehead atoms. The van der Waals surface area contributed by atoms with Gasteiger partial charge >= 0.3 is 5.97 Å². The topological polar surface area (TPSA) is 60.9 Å². The van der Waals surface area contributed by atoms with Gasteiger partial charge in [0.05, 0.1) is 12.5 Å². The van der Waals surface area contributed by atoms with Gasteiger partial charge in [0.1, 0.15) is 0 Å². The van der Waals surface area contributed by atoms with Gasteiger partial charge in [0.2, 0.25) is 5.91 Å². The number of hydrogen-bond donors (Lipinski definition) is 1. The molecule has 1 amide bonds. The Morgan fingerprint density at radius 3 is 2.63 bits per heavy atom. The van der Waals surface area contributed by atoms with Gasteiger partial charge in [-0.3, -0.25) is 14.5 Å². The van der Waals surface area contributed by atoms with Crippen LogP contribution in [-0.2, 0) is 9.59 Å². The number of allylic oxidation sites excluding steroid dienone is 2. The monoisotopic (exact) mass is 268 g/mol. The van der Waals surface area contributed by atoms with E-state index in [4.69, 9.17) is 5.11 Å². The molecule has 0 aromatic heterocycles. The van der Waals surface area contributed by atoms with Crippen LogP contribution in [0.25, 0.3) is 0 Å². The molecule has 1 unspecified atom stereocenters. The van der Waals surface area contributed by atoms with Gasteiger partial charge in [-0.1, -0.05) is 13.0 Å². The first kappa shape index (κ1) is 15.7. The molecule has 108 valence electrons. The van der Waals surface area contributed by atoms with Crippen molar-refractivity contribution in [1.82, 2.24) is 9.80 Å². The number of amides is 1. The van der Waals surface area contributed by atoms with Gasteiger partial charge in [0.25, 0.3) is 0 Å². The van der Waals surface area contributed by atoms with Gasteiger partial charge in [-0.05, 0) is 33.2 Å². The van der Waals surface area contributed by atoms with Crippen LogP contribution in [0.3, 0.4) is 0 Å². The van der Waals surface area contributed by atoms with E-state index < -0.39 is 11.9 Å². The van der Waals surface area contributed by atoms with Crippen molar-refractivity contribution in [3.05, 3.63) is 11.8 Å². The average molecular weight is 268 g/mol. The lowest BCUT2D eigenvalue weighted by molar-refractivity contribution is -0.142. The maximum absolute atomic E-state index is 12.2. The number of likely N-dealkylation sites (N-methyl/N-ethyl adjacent to an activating group) is 2. The van der Waals surface area contributed by atoms with E-state index in [0.717, 1.165) is 25.0 Å². The van der Waals surface area contributed by atoms with E-state index in [1.165, 1.54) is 0 Å². The molecule has 1 atom stereocenters. The van der Waals surface area contributed by atoms with Crippen LogP contribution in [-0.4, -0.2) is 53.5 Å². The van der Waals surface area contributed by atoms with Gasteiger partial charge in [-0.2, -0.15) is 0 Å². The summed E-state index contributed by atoms with van der Waals surface area (Å²) in [5, 5.41) is 8.86. The standard InChI is InChI=1S/C14H24N2O3/c1-4-16(12-7-5-6-8-12)13(17)10-15(3)9-11(2)14(18)19/h7,11H,4-6,8-10H2,1-3H3,(H,18,19). The van der Waals surface area contributed by atoms with Crippen LogP contribution in [0.2, 0.25) is 0 Å². The lowest BCUT2D eigenvalue weighted by Gasteiger charge is -2.26. The van der Waals surface area contributed by atoms with Crippen LogP contribution in [0, 0.1) is 5.92 Å². The Labute approximate surface area is 114 Å². The lowest BCUT2D eigenvalue weighted by Crippen LogP contribution is -2.40. The molecule has 5 nitrogen and oxygen atoms in total. The van der Waals surface area contributed by atoms with Crippen molar-refractivity contribution in [2.45, 2.75) is 33.1 Å². The zero-order chi connectivity index (χ0) is 14.4. The van der Waals surface area contributed by atoms with Gasteiger partial charge in [0.15, 0.2) is 0 Å². The molecule has 19 heavy (non-hydrogen) atoms. The Morgan fingerprint density at radius 2 is 2.16 bits per heavy atom. The van der Waals surface area contributed by atoms with E-state index in [2.05, 4.69) is 6.08 Å². The van der Waals surface area contributed by atoms with Crippen molar-refractivity contribution in [2.24, 2.45) is 5.92 Å². The normalized spacial score (nSPS) is 16.3. The third-order valence-electron chi connectivity index (χ3n) is 3.39. The summed E-state index contributed by atoms with van der Waals surface area (Å²) in [6.45, 7) is 4.95. The lowest BCUT2D eigenvalue weighted by atomic mass is 10.2. The molecule has 0 heterocycles. The van der Waals surface area contributed by atoms with Crippen molar-refractivity contribution < 1.29 is 14.7 Å². The highest BCUT2D eigenvalue weighted by atomic mass is 16.4. The molecule has 0 aliphatic heterocycles. The minimum Gasteiger partial charge on any atom is -0.481 e. The fourth-order valence-corrected chi connectivity index (χ4v) is 2.37.